The number of rotatable bonds is 15. The molecule has 2 aromatic heterocycles. The van der Waals surface area contributed by atoms with Crippen molar-refractivity contribution in [3.63, 3.8) is 0 Å². The number of carbonyl (C=O) groups excluding carboxylic acids is 2. The smallest absolute Gasteiger partial charge is 0.244 e. The minimum Gasteiger partial charge on any atom is -0.382 e. The Labute approximate surface area is 224 Å². The molecule has 2 aromatic rings. The van der Waals surface area contributed by atoms with Crippen LogP contribution in [-0.2, 0) is 14.3 Å². The Morgan fingerprint density at radius 2 is 2.08 bits per heavy atom. The molecule has 1 saturated carbocycles. The number of ketones is 1. The first-order valence-electron chi connectivity index (χ1n) is 13.5. The summed E-state index contributed by atoms with van der Waals surface area (Å²) < 4.78 is 7.18. The molecule has 0 saturated heterocycles. The summed E-state index contributed by atoms with van der Waals surface area (Å²) in [5.41, 5.74) is 3.30. The van der Waals surface area contributed by atoms with E-state index in [1.807, 2.05) is 13.1 Å². The van der Waals surface area contributed by atoms with Crippen LogP contribution in [0.25, 0.3) is 5.65 Å². The van der Waals surface area contributed by atoms with Crippen LogP contribution >= 0.6 is 0 Å². The van der Waals surface area contributed by atoms with E-state index in [4.69, 9.17) is 14.7 Å². The van der Waals surface area contributed by atoms with E-state index < -0.39 is 5.54 Å². The molecular weight excluding hydrogens is 482 g/mol. The van der Waals surface area contributed by atoms with Crippen LogP contribution in [-0.4, -0.2) is 63.1 Å². The molecule has 0 radical (unpaired) electrons. The molecule has 10 heteroatoms. The minimum absolute atomic E-state index is 0.0553. The van der Waals surface area contributed by atoms with E-state index >= 15 is 0 Å². The molecule has 10 nitrogen and oxygen atoms in total. The summed E-state index contributed by atoms with van der Waals surface area (Å²) in [5.74, 6) is 1.20. The highest BCUT2D eigenvalue weighted by Crippen LogP contribution is 2.38. The third-order valence-electron chi connectivity index (χ3n) is 6.90. The summed E-state index contributed by atoms with van der Waals surface area (Å²) in [6.07, 6.45) is 11.6. The van der Waals surface area contributed by atoms with Gasteiger partial charge in [-0.3, -0.25) is 9.59 Å². The third-order valence-corrected chi connectivity index (χ3v) is 6.90. The van der Waals surface area contributed by atoms with E-state index in [1.54, 1.807) is 4.52 Å². The zero-order valence-electron chi connectivity index (χ0n) is 22.7. The fourth-order valence-corrected chi connectivity index (χ4v) is 4.55. The second-order valence-corrected chi connectivity index (χ2v) is 10.2. The fraction of sp³-hybridized carbons (Fsp3) is 0.536. The van der Waals surface area contributed by atoms with E-state index in [2.05, 4.69) is 53.6 Å². The molecule has 4 rings (SSSR count). The zero-order valence-corrected chi connectivity index (χ0v) is 22.7. The van der Waals surface area contributed by atoms with Gasteiger partial charge in [0, 0.05) is 38.3 Å². The molecule has 2 aliphatic carbocycles. The van der Waals surface area contributed by atoms with Gasteiger partial charge in [0.15, 0.2) is 11.4 Å². The Bertz CT molecular complexity index is 1240. The summed E-state index contributed by atoms with van der Waals surface area (Å²) in [7, 11) is 0. The molecule has 0 atom stereocenters. The number of amides is 1. The average Bonchev–Trinajstić information content (AvgIpc) is 3.56. The minimum atomic E-state index is -0.720. The zero-order chi connectivity index (χ0) is 27.1. The van der Waals surface area contributed by atoms with E-state index in [0.29, 0.717) is 57.5 Å². The molecule has 204 valence electrons. The van der Waals surface area contributed by atoms with Crippen molar-refractivity contribution in [3.8, 4) is 0 Å². The Balaban J connectivity index is 1.44. The second-order valence-electron chi connectivity index (χ2n) is 10.2. The standard InChI is InChI=1S/C28H39N7O3/c1-5-24(37)34-28(11-12-28)23(36)16-20-9-7-10-21(15-20)17-30-27-33-26(29-13-8-14-38-6-2)32-25-22(19(3)4)18-31-35(25)27/h5,9,15,18-19H,1,6-8,10-14,16-17H2,2-4H3,(H,34,37)(H2,29,30,32,33). The number of fused-ring (bicyclic) bond motifs is 1. The van der Waals surface area contributed by atoms with Crippen molar-refractivity contribution >= 4 is 29.2 Å². The summed E-state index contributed by atoms with van der Waals surface area (Å²) in [5, 5.41) is 14.1. The molecule has 1 amide bonds. The summed E-state index contributed by atoms with van der Waals surface area (Å²) in [4.78, 5) is 34.1. The van der Waals surface area contributed by atoms with Crippen LogP contribution in [0.5, 0.6) is 0 Å². The first-order chi connectivity index (χ1) is 18.3. The molecule has 2 aliphatic rings. The van der Waals surface area contributed by atoms with Crippen molar-refractivity contribution in [2.75, 3.05) is 36.9 Å². The molecule has 0 aromatic carbocycles. The Morgan fingerprint density at radius 1 is 1.26 bits per heavy atom. The molecule has 38 heavy (non-hydrogen) atoms. The lowest BCUT2D eigenvalue weighted by molar-refractivity contribution is -0.126. The van der Waals surface area contributed by atoms with Crippen molar-refractivity contribution in [3.05, 3.63) is 47.7 Å². The van der Waals surface area contributed by atoms with Gasteiger partial charge in [-0.1, -0.05) is 38.2 Å². The lowest BCUT2D eigenvalue weighted by atomic mass is 9.93. The first-order valence-corrected chi connectivity index (χ1v) is 13.5. The van der Waals surface area contributed by atoms with Crippen LogP contribution in [0.4, 0.5) is 11.9 Å². The van der Waals surface area contributed by atoms with Gasteiger partial charge >= 0.3 is 0 Å². The summed E-state index contributed by atoms with van der Waals surface area (Å²) in [6.45, 7) is 12.4. The van der Waals surface area contributed by atoms with Gasteiger partial charge in [-0.2, -0.15) is 19.6 Å². The van der Waals surface area contributed by atoms with Crippen molar-refractivity contribution < 1.29 is 14.3 Å². The number of hydrogen-bond donors (Lipinski definition) is 3. The van der Waals surface area contributed by atoms with Crippen molar-refractivity contribution in [2.45, 2.75) is 70.8 Å². The van der Waals surface area contributed by atoms with Gasteiger partial charge in [-0.05, 0) is 56.6 Å². The van der Waals surface area contributed by atoms with E-state index in [0.717, 1.165) is 36.0 Å². The van der Waals surface area contributed by atoms with Crippen LogP contribution < -0.4 is 16.0 Å². The molecule has 2 heterocycles. The number of Topliss-reactive ketones (excluding diaryl/α,β-unsaturated/α-hetero) is 1. The lowest BCUT2D eigenvalue weighted by Gasteiger charge is -2.18. The van der Waals surface area contributed by atoms with Crippen molar-refractivity contribution in [1.82, 2.24) is 24.9 Å². The molecule has 0 spiro atoms. The van der Waals surface area contributed by atoms with Gasteiger partial charge in [0.05, 0.1) is 11.7 Å². The van der Waals surface area contributed by atoms with Crippen LogP contribution in [0.3, 0.4) is 0 Å². The van der Waals surface area contributed by atoms with Crippen molar-refractivity contribution in [2.24, 2.45) is 0 Å². The predicted molar refractivity (Wildman–Crippen MR) is 148 cm³/mol. The van der Waals surface area contributed by atoms with Crippen LogP contribution in [0, 0.1) is 0 Å². The molecule has 1 fully saturated rings. The predicted octanol–water partition coefficient (Wildman–Crippen LogP) is 3.94. The van der Waals surface area contributed by atoms with Crippen LogP contribution in [0.1, 0.15) is 70.8 Å². The Hall–Kier alpha value is -3.53. The average molecular weight is 522 g/mol. The molecule has 0 unspecified atom stereocenters. The summed E-state index contributed by atoms with van der Waals surface area (Å²) in [6, 6.07) is 0. The van der Waals surface area contributed by atoms with Crippen LogP contribution in [0.2, 0.25) is 0 Å². The molecular formula is C28H39N7O3. The quantitative estimate of drug-likeness (QED) is 0.238. The maximum absolute atomic E-state index is 12.9. The molecule has 3 N–H and O–H groups in total. The highest BCUT2D eigenvalue weighted by atomic mass is 16.5. The van der Waals surface area contributed by atoms with Gasteiger partial charge < -0.3 is 20.7 Å². The van der Waals surface area contributed by atoms with Gasteiger partial charge in [-0.15, -0.1) is 0 Å². The van der Waals surface area contributed by atoms with Gasteiger partial charge in [-0.25, -0.2) is 0 Å². The van der Waals surface area contributed by atoms with Crippen LogP contribution in [0.15, 0.2) is 42.2 Å². The number of carbonyl (C=O) groups is 2. The Morgan fingerprint density at radius 3 is 2.79 bits per heavy atom. The summed E-state index contributed by atoms with van der Waals surface area (Å²) >= 11 is 0. The van der Waals surface area contributed by atoms with Gasteiger partial charge in [0.1, 0.15) is 0 Å². The number of allylic oxidation sites excluding steroid dienone is 3. The maximum Gasteiger partial charge on any atom is 0.244 e. The highest BCUT2D eigenvalue weighted by Gasteiger charge is 2.50. The molecule has 0 aliphatic heterocycles. The molecule has 0 bridgehead atoms. The van der Waals surface area contributed by atoms with Crippen molar-refractivity contribution in [1.29, 1.82) is 0 Å². The second kappa shape index (κ2) is 12.3. The number of nitrogens with zero attached hydrogens (tertiary/aromatic N) is 4. The number of ether oxygens (including phenoxy) is 1. The first kappa shape index (κ1) is 27.5. The maximum atomic E-state index is 12.9. The third kappa shape index (κ3) is 6.66. The largest absolute Gasteiger partial charge is 0.382 e. The van der Waals surface area contributed by atoms with Gasteiger partial charge in [0.2, 0.25) is 17.8 Å². The lowest BCUT2D eigenvalue weighted by Crippen LogP contribution is -2.42. The monoisotopic (exact) mass is 521 g/mol. The highest BCUT2D eigenvalue weighted by molar-refractivity contribution is 5.99. The topological polar surface area (TPSA) is 123 Å². The Kier molecular flexibility index (Phi) is 8.93. The van der Waals surface area contributed by atoms with E-state index in [9.17, 15) is 9.59 Å². The van der Waals surface area contributed by atoms with E-state index in [1.165, 1.54) is 11.6 Å². The number of anilines is 2. The number of hydrogen-bond acceptors (Lipinski definition) is 8. The fourth-order valence-electron chi connectivity index (χ4n) is 4.55. The van der Waals surface area contributed by atoms with E-state index in [-0.39, 0.29) is 17.6 Å². The number of nitrogens with one attached hydrogen (secondary N) is 3. The number of aromatic nitrogens is 4. The normalized spacial score (nSPS) is 16.1. The van der Waals surface area contributed by atoms with Gasteiger partial charge in [0.25, 0.3) is 0 Å². The SMILES string of the molecule is C=CC(=O)NC1(C(=O)CC2=CCCC(CNc3nc(NCCCOCC)nc4c(C(C)C)cnn34)=C2)CC1.